The van der Waals surface area contributed by atoms with Crippen LogP contribution in [0.5, 0.6) is 0 Å². The van der Waals surface area contributed by atoms with E-state index in [-0.39, 0.29) is 39.2 Å². The van der Waals surface area contributed by atoms with Gasteiger partial charge >= 0.3 is 5.97 Å². The summed E-state index contributed by atoms with van der Waals surface area (Å²) < 4.78 is 14.4. The number of hydrogen-bond acceptors (Lipinski definition) is 4. The molecule has 9 heteroatoms. The van der Waals surface area contributed by atoms with Gasteiger partial charge in [0.1, 0.15) is 11.9 Å². The number of carboxylic acid groups (broad SMARTS) is 1. The number of rotatable bonds is 3. The summed E-state index contributed by atoms with van der Waals surface area (Å²) in [7, 11) is 0. The smallest absolute Gasteiger partial charge is 0.326 e. The molecular weight excluding hydrogens is 360 g/mol. The number of carbonyl (C=O) groups excluding carboxylic acids is 1. The van der Waals surface area contributed by atoms with Gasteiger partial charge in [-0.05, 0) is 30.7 Å². The van der Waals surface area contributed by atoms with Crippen LogP contribution in [0.3, 0.4) is 0 Å². The van der Waals surface area contributed by atoms with Crippen molar-refractivity contribution >= 4 is 35.1 Å². The lowest BCUT2D eigenvalue weighted by Gasteiger charge is -2.19. The number of halogens is 3. The second kappa shape index (κ2) is 5.99. The van der Waals surface area contributed by atoms with E-state index in [1.807, 2.05) is 0 Å². The molecule has 2 aromatic rings. The van der Waals surface area contributed by atoms with E-state index in [1.54, 1.807) is 0 Å². The predicted molar refractivity (Wildman–Crippen MR) is 84.4 cm³/mol. The van der Waals surface area contributed by atoms with Crippen molar-refractivity contribution in [1.29, 1.82) is 0 Å². The molecule has 0 fully saturated rings. The van der Waals surface area contributed by atoms with Crippen LogP contribution < -0.4 is 0 Å². The SMILES string of the molecule is C[C@H](C(=O)O)N1Cc2c(F)cc(-c3nc(Cl)ncc3Cl)cc2C1=O. The lowest BCUT2D eigenvalue weighted by Crippen LogP contribution is -2.38. The van der Waals surface area contributed by atoms with Gasteiger partial charge in [-0.25, -0.2) is 19.2 Å². The summed E-state index contributed by atoms with van der Waals surface area (Å²) in [6.45, 7) is 1.26. The van der Waals surface area contributed by atoms with E-state index >= 15 is 0 Å². The second-order valence-corrected chi connectivity index (χ2v) is 6.01. The summed E-state index contributed by atoms with van der Waals surface area (Å²) in [6, 6.07) is 1.55. The van der Waals surface area contributed by atoms with Crippen molar-refractivity contribution in [3.8, 4) is 11.3 Å². The van der Waals surface area contributed by atoms with E-state index < -0.39 is 23.7 Å². The number of amides is 1. The first-order valence-corrected chi connectivity index (χ1v) is 7.59. The molecule has 2 heterocycles. The van der Waals surface area contributed by atoms with Crippen LogP contribution >= 0.6 is 23.2 Å². The molecule has 0 bridgehead atoms. The molecule has 6 nitrogen and oxygen atoms in total. The molecule has 0 saturated heterocycles. The highest BCUT2D eigenvalue weighted by molar-refractivity contribution is 6.33. The van der Waals surface area contributed by atoms with Gasteiger partial charge in [0, 0.05) is 16.7 Å². The fraction of sp³-hybridized carbons (Fsp3) is 0.200. The molecule has 1 N–H and O–H groups in total. The van der Waals surface area contributed by atoms with E-state index in [9.17, 15) is 14.0 Å². The summed E-state index contributed by atoms with van der Waals surface area (Å²) in [6.07, 6.45) is 1.28. The Morgan fingerprint density at radius 2 is 2.12 bits per heavy atom. The van der Waals surface area contributed by atoms with Gasteiger partial charge in [-0.2, -0.15) is 0 Å². The van der Waals surface area contributed by atoms with E-state index in [0.717, 1.165) is 4.90 Å². The Hall–Kier alpha value is -2.25. The number of fused-ring (bicyclic) bond motifs is 1. The first-order valence-electron chi connectivity index (χ1n) is 6.84. The number of carboxylic acids is 1. The number of nitrogens with zero attached hydrogens (tertiary/aromatic N) is 3. The number of aliphatic carboxylic acids is 1. The van der Waals surface area contributed by atoms with Gasteiger partial charge in [-0.1, -0.05) is 11.6 Å². The molecule has 0 saturated carbocycles. The Morgan fingerprint density at radius 3 is 2.79 bits per heavy atom. The zero-order valence-electron chi connectivity index (χ0n) is 12.3. The van der Waals surface area contributed by atoms with Crippen LogP contribution in [0.2, 0.25) is 10.3 Å². The average Bonchev–Trinajstić information content (AvgIpc) is 2.86. The summed E-state index contributed by atoms with van der Waals surface area (Å²) in [5.41, 5.74) is 0.687. The van der Waals surface area contributed by atoms with E-state index in [4.69, 9.17) is 28.3 Å². The molecule has 1 aromatic carbocycles. The van der Waals surface area contributed by atoms with Crippen molar-refractivity contribution in [1.82, 2.24) is 14.9 Å². The van der Waals surface area contributed by atoms with Crippen molar-refractivity contribution in [2.75, 3.05) is 0 Å². The van der Waals surface area contributed by atoms with Crippen molar-refractivity contribution in [2.24, 2.45) is 0 Å². The maximum Gasteiger partial charge on any atom is 0.326 e. The first-order chi connectivity index (χ1) is 11.3. The molecule has 1 aliphatic rings. The average molecular weight is 370 g/mol. The van der Waals surface area contributed by atoms with Gasteiger partial charge in [0.25, 0.3) is 5.91 Å². The highest BCUT2D eigenvalue weighted by Gasteiger charge is 2.36. The minimum atomic E-state index is -1.16. The minimum Gasteiger partial charge on any atom is -0.480 e. The Kier molecular flexibility index (Phi) is 4.15. The molecule has 0 radical (unpaired) electrons. The second-order valence-electron chi connectivity index (χ2n) is 5.27. The van der Waals surface area contributed by atoms with Crippen LogP contribution in [0.1, 0.15) is 22.8 Å². The van der Waals surface area contributed by atoms with Gasteiger partial charge in [-0.3, -0.25) is 4.79 Å². The maximum absolute atomic E-state index is 14.4. The van der Waals surface area contributed by atoms with Gasteiger partial charge in [-0.15, -0.1) is 0 Å². The Labute approximate surface area is 145 Å². The molecule has 3 rings (SSSR count). The van der Waals surface area contributed by atoms with Crippen LogP contribution in [-0.4, -0.2) is 37.9 Å². The van der Waals surface area contributed by atoms with Crippen molar-refractivity contribution in [3.05, 3.63) is 45.6 Å². The summed E-state index contributed by atoms with van der Waals surface area (Å²) in [5.74, 6) is -2.36. The van der Waals surface area contributed by atoms with E-state index in [2.05, 4.69) is 9.97 Å². The third-order valence-electron chi connectivity index (χ3n) is 3.83. The lowest BCUT2D eigenvalue weighted by molar-refractivity contribution is -0.141. The van der Waals surface area contributed by atoms with Crippen molar-refractivity contribution in [3.63, 3.8) is 0 Å². The number of carbonyl (C=O) groups is 2. The quantitative estimate of drug-likeness (QED) is 0.840. The van der Waals surface area contributed by atoms with Gasteiger partial charge in [0.2, 0.25) is 5.28 Å². The summed E-state index contributed by atoms with van der Waals surface area (Å²) >= 11 is 11.7. The number of aromatic nitrogens is 2. The first kappa shape index (κ1) is 16.6. The maximum atomic E-state index is 14.4. The molecule has 1 aromatic heterocycles. The zero-order chi connectivity index (χ0) is 17.6. The fourth-order valence-electron chi connectivity index (χ4n) is 2.52. The van der Waals surface area contributed by atoms with Crippen LogP contribution in [0.25, 0.3) is 11.3 Å². The zero-order valence-corrected chi connectivity index (χ0v) is 13.8. The largest absolute Gasteiger partial charge is 0.480 e. The summed E-state index contributed by atoms with van der Waals surface area (Å²) in [4.78, 5) is 32.3. The molecule has 1 aliphatic heterocycles. The van der Waals surface area contributed by atoms with Crippen LogP contribution in [-0.2, 0) is 11.3 Å². The van der Waals surface area contributed by atoms with Gasteiger partial charge in [0.15, 0.2) is 0 Å². The third-order valence-corrected chi connectivity index (χ3v) is 4.29. The predicted octanol–water partition coefficient (Wildman–Crippen LogP) is 3.02. The van der Waals surface area contributed by atoms with Crippen LogP contribution in [0, 0.1) is 5.82 Å². The Balaban J connectivity index is 2.09. The monoisotopic (exact) mass is 369 g/mol. The number of hydrogen-bond donors (Lipinski definition) is 1. The van der Waals surface area contributed by atoms with Crippen LogP contribution in [0.15, 0.2) is 18.3 Å². The van der Waals surface area contributed by atoms with Crippen molar-refractivity contribution < 1.29 is 19.1 Å². The fourth-order valence-corrected chi connectivity index (χ4v) is 2.85. The topological polar surface area (TPSA) is 83.4 Å². The minimum absolute atomic E-state index is 0.0669. The molecular formula is C15H10Cl2FN3O3. The Bertz CT molecular complexity index is 875. The van der Waals surface area contributed by atoms with Crippen molar-refractivity contribution in [2.45, 2.75) is 19.5 Å². The van der Waals surface area contributed by atoms with E-state index in [1.165, 1.54) is 25.3 Å². The molecule has 1 amide bonds. The number of benzene rings is 1. The molecule has 24 heavy (non-hydrogen) atoms. The molecule has 1 atom stereocenters. The van der Waals surface area contributed by atoms with Crippen LogP contribution in [0.4, 0.5) is 4.39 Å². The highest BCUT2D eigenvalue weighted by Crippen LogP contribution is 2.33. The van der Waals surface area contributed by atoms with Gasteiger partial charge < -0.3 is 10.0 Å². The molecule has 0 spiro atoms. The summed E-state index contributed by atoms with van der Waals surface area (Å²) in [5, 5.41) is 9.16. The normalized spacial score (nSPS) is 14.7. The van der Waals surface area contributed by atoms with E-state index in [0.29, 0.717) is 0 Å². The molecule has 0 unspecified atom stereocenters. The standard InChI is InChI=1S/C15H10Cl2FN3O3/c1-6(14(23)24)21-5-9-8(13(21)22)2-7(3-11(9)18)12-10(16)4-19-15(17)20-12/h2-4,6H,5H2,1H3,(H,23,24)/t6-/m1/s1. The lowest BCUT2D eigenvalue weighted by atomic mass is 10.0. The third kappa shape index (κ3) is 2.70. The molecule has 0 aliphatic carbocycles. The highest BCUT2D eigenvalue weighted by atomic mass is 35.5. The molecule has 124 valence electrons. The Morgan fingerprint density at radius 1 is 1.42 bits per heavy atom. The van der Waals surface area contributed by atoms with Gasteiger partial charge in [0.05, 0.1) is 23.5 Å².